The number of rotatable bonds is 27. The van der Waals surface area contributed by atoms with Gasteiger partial charge in [-0.25, -0.2) is 0 Å². The van der Waals surface area contributed by atoms with Crippen LogP contribution in [-0.2, 0) is 53.7 Å². The molecule has 2 aromatic heterocycles. The lowest BCUT2D eigenvalue weighted by molar-refractivity contribution is -0.142. The number of aliphatic carboxylic acids is 2. The van der Waals surface area contributed by atoms with Crippen molar-refractivity contribution in [2.45, 2.75) is 98.3 Å². The van der Waals surface area contributed by atoms with Gasteiger partial charge in [0.1, 0.15) is 67.6 Å². The number of carboxylic acids is 2. The number of carboxylic acid groups (broad SMARTS) is 2. The molecule has 14 nitrogen and oxygen atoms in total. The van der Waals surface area contributed by atoms with E-state index in [0.29, 0.717) is 98.7 Å². The molecule has 0 amide bonds. The molecule has 6 rings (SSSR count). The summed E-state index contributed by atoms with van der Waals surface area (Å²) < 4.78 is 30.5. The fraction of sp³-hybridized carbons (Fsp3) is 0.321. The number of halogens is 2. The van der Waals surface area contributed by atoms with Crippen molar-refractivity contribution in [2.75, 3.05) is 13.7 Å². The van der Waals surface area contributed by atoms with Crippen molar-refractivity contribution < 1.29 is 43.5 Å². The van der Waals surface area contributed by atoms with E-state index in [1.54, 1.807) is 48.8 Å². The van der Waals surface area contributed by atoms with E-state index in [-0.39, 0.29) is 33.0 Å². The predicted molar refractivity (Wildman–Crippen MR) is 273 cm³/mol. The number of ether oxygens (including phenoxy) is 5. The standard InChI is InChI=1S/C56H57Cl2N5O9/c1-5-6-13-50(56(66)67)63-30-45-21-49(58)54(23-52(45)70-32-40-19-38(25-60)27-62-29-40)72-34-44-10-8-12-47(36(44)3)46-11-7-9-43(35(46)2)33-71-53-22-51(69-31-39-18-37(24-59)26-61-28-39)42(20-48(53)57)15-14-41(55(64)65)16-17-68-4/h7-12,18-23,26-29,41,50,63H,5-6,13-17,30-34H2,1-4H3,(H,64,65)(H,66,67). The van der Waals surface area contributed by atoms with Gasteiger partial charge < -0.3 is 39.2 Å². The van der Waals surface area contributed by atoms with Gasteiger partial charge in [0.15, 0.2) is 0 Å². The molecule has 0 radical (unpaired) electrons. The molecule has 0 aliphatic rings. The smallest absolute Gasteiger partial charge is 0.320 e. The second-order valence-corrected chi connectivity index (χ2v) is 18.1. The molecular formula is C56H57Cl2N5O9. The molecule has 2 atom stereocenters. The minimum absolute atomic E-state index is 0.0964. The van der Waals surface area contributed by atoms with Crippen LogP contribution >= 0.6 is 23.2 Å². The molecule has 374 valence electrons. The average molecular weight is 1020 g/mol. The SMILES string of the molecule is CCCCC(NCc1cc(Cl)c(OCc2cccc(-c3cccc(COc4cc(OCc5cncc(C#N)c5)c(CCC(CCOC)C(=O)O)cc4Cl)c3C)c2C)cc1OCc1cncc(C#N)c1)C(=O)O. The number of benzene rings is 4. The Hall–Kier alpha value is -7.20. The summed E-state index contributed by atoms with van der Waals surface area (Å²) in [6, 6.07) is 25.7. The number of carbonyl (C=O) groups is 2. The highest BCUT2D eigenvalue weighted by Crippen LogP contribution is 2.38. The summed E-state index contributed by atoms with van der Waals surface area (Å²) in [4.78, 5) is 32.4. The van der Waals surface area contributed by atoms with Crippen molar-refractivity contribution in [3.63, 3.8) is 0 Å². The number of methoxy groups -OCH3 is 1. The van der Waals surface area contributed by atoms with Gasteiger partial charge >= 0.3 is 11.9 Å². The Kier molecular flexibility index (Phi) is 20.2. The van der Waals surface area contributed by atoms with Gasteiger partial charge in [0.05, 0.1) is 27.1 Å². The fourth-order valence-corrected chi connectivity index (χ4v) is 8.54. The Morgan fingerprint density at radius 3 is 1.65 bits per heavy atom. The van der Waals surface area contributed by atoms with Gasteiger partial charge in [-0.2, -0.15) is 10.5 Å². The molecule has 0 saturated heterocycles. The van der Waals surface area contributed by atoms with Gasteiger partial charge in [-0.1, -0.05) is 79.4 Å². The maximum absolute atomic E-state index is 12.0. The predicted octanol–water partition coefficient (Wildman–Crippen LogP) is 11.5. The van der Waals surface area contributed by atoms with Crippen molar-refractivity contribution in [1.29, 1.82) is 10.5 Å². The maximum atomic E-state index is 12.0. The molecule has 6 aromatic rings. The maximum Gasteiger partial charge on any atom is 0.320 e. The molecule has 72 heavy (non-hydrogen) atoms. The van der Waals surface area contributed by atoms with E-state index in [1.165, 1.54) is 19.5 Å². The van der Waals surface area contributed by atoms with Crippen LogP contribution in [0.3, 0.4) is 0 Å². The molecule has 0 aliphatic heterocycles. The van der Waals surface area contributed by atoms with Crippen LogP contribution in [0.15, 0.2) is 97.6 Å². The van der Waals surface area contributed by atoms with Crippen LogP contribution in [0.5, 0.6) is 23.0 Å². The second-order valence-electron chi connectivity index (χ2n) is 17.3. The number of aryl methyl sites for hydroxylation is 1. The first kappa shape index (κ1) is 54.1. The first-order valence-electron chi connectivity index (χ1n) is 23.5. The first-order chi connectivity index (χ1) is 34.8. The lowest BCUT2D eigenvalue weighted by Gasteiger charge is -2.20. The summed E-state index contributed by atoms with van der Waals surface area (Å²) in [5.41, 5.74) is 9.33. The highest BCUT2D eigenvalue weighted by atomic mass is 35.5. The molecule has 3 N–H and O–H groups in total. The van der Waals surface area contributed by atoms with E-state index in [0.717, 1.165) is 46.2 Å². The lowest BCUT2D eigenvalue weighted by atomic mass is 9.92. The number of nitrogens with one attached hydrogen (secondary N) is 1. The molecular weight excluding hydrogens is 958 g/mol. The van der Waals surface area contributed by atoms with Gasteiger partial charge in [0.2, 0.25) is 0 Å². The van der Waals surface area contributed by atoms with Crippen LogP contribution in [0.4, 0.5) is 0 Å². The third-order valence-electron chi connectivity index (χ3n) is 12.3. The molecule has 2 unspecified atom stereocenters. The zero-order valence-corrected chi connectivity index (χ0v) is 42.2. The van der Waals surface area contributed by atoms with Crippen LogP contribution in [0.2, 0.25) is 10.0 Å². The number of pyridine rings is 2. The highest BCUT2D eigenvalue weighted by Gasteiger charge is 2.22. The first-order valence-corrected chi connectivity index (χ1v) is 24.3. The van der Waals surface area contributed by atoms with E-state index in [9.17, 15) is 30.3 Å². The van der Waals surface area contributed by atoms with Crippen molar-refractivity contribution in [3.05, 3.63) is 163 Å². The normalized spacial score (nSPS) is 11.8. The van der Waals surface area contributed by atoms with Crippen molar-refractivity contribution in [1.82, 2.24) is 15.3 Å². The molecule has 0 saturated carbocycles. The topological polar surface area (TPSA) is 206 Å². The molecule has 16 heteroatoms. The average Bonchev–Trinajstić information content (AvgIpc) is 3.38. The molecule has 0 spiro atoms. The zero-order chi connectivity index (χ0) is 51.6. The van der Waals surface area contributed by atoms with Gasteiger partial charge in [-0.05, 0) is 103 Å². The molecule has 0 bridgehead atoms. The van der Waals surface area contributed by atoms with E-state index in [1.807, 2.05) is 45.0 Å². The van der Waals surface area contributed by atoms with Gasteiger partial charge in [0.25, 0.3) is 0 Å². The lowest BCUT2D eigenvalue weighted by Crippen LogP contribution is -2.36. The summed E-state index contributed by atoms with van der Waals surface area (Å²) in [5, 5.41) is 42.3. The summed E-state index contributed by atoms with van der Waals surface area (Å²) in [6.07, 6.45) is 9.34. The zero-order valence-electron chi connectivity index (χ0n) is 40.7. The number of hydrogen-bond donors (Lipinski definition) is 3. The van der Waals surface area contributed by atoms with Gasteiger partial charge in [0, 0.05) is 73.9 Å². The second kappa shape index (κ2) is 26.9. The molecule has 4 aromatic carbocycles. The molecule has 0 aliphatic carbocycles. The van der Waals surface area contributed by atoms with Crippen LogP contribution in [0.1, 0.15) is 94.7 Å². The summed E-state index contributed by atoms with van der Waals surface area (Å²) >= 11 is 13.7. The molecule has 0 fully saturated rings. The van der Waals surface area contributed by atoms with Crippen LogP contribution in [0.25, 0.3) is 11.1 Å². The third-order valence-corrected chi connectivity index (χ3v) is 12.9. The minimum atomic E-state index is -0.937. The van der Waals surface area contributed by atoms with Gasteiger partial charge in [-0.15, -0.1) is 0 Å². The molecule has 2 heterocycles. The van der Waals surface area contributed by atoms with E-state index in [4.69, 9.17) is 46.9 Å². The van der Waals surface area contributed by atoms with Crippen LogP contribution in [-0.4, -0.2) is 51.9 Å². The third kappa shape index (κ3) is 14.9. The number of nitrogens with zero attached hydrogens (tertiary/aromatic N) is 4. The van der Waals surface area contributed by atoms with Crippen LogP contribution in [0, 0.1) is 42.4 Å². The summed E-state index contributed by atoms with van der Waals surface area (Å²) in [5.74, 6) is -0.810. The fourth-order valence-electron chi connectivity index (χ4n) is 8.06. The van der Waals surface area contributed by atoms with E-state index in [2.05, 4.69) is 39.6 Å². The Bertz CT molecular complexity index is 2740. The Morgan fingerprint density at radius 2 is 1.17 bits per heavy atom. The van der Waals surface area contributed by atoms with Gasteiger partial charge in [-0.3, -0.25) is 19.6 Å². The van der Waals surface area contributed by atoms with E-state index < -0.39 is 23.9 Å². The van der Waals surface area contributed by atoms with Crippen molar-refractivity contribution in [2.24, 2.45) is 5.92 Å². The van der Waals surface area contributed by atoms with Crippen molar-refractivity contribution >= 4 is 35.1 Å². The Balaban J connectivity index is 1.21. The monoisotopic (exact) mass is 1010 g/mol. The summed E-state index contributed by atoms with van der Waals surface area (Å²) in [6.45, 7) is 7.13. The largest absolute Gasteiger partial charge is 0.488 e. The number of hydrogen-bond acceptors (Lipinski definition) is 12. The number of unbranched alkanes of at least 4 members (excludes halogenated alkanes) is 1. The summed E-state index contributed by atoms with van der Waals surface area (Å²) in [7, 11) is 1.54. The number of aromatic nitrogens is 2. The van der Waals surface area contributed by atoms with Crippen molar-refractivity contribution in [3.8, 4) is 46.3 Å². The quantitative estimate of drug-likeness (QED) is 0.0439. The Morgan fingerprint density at radius 1 is 0.653 bits per heavy atom. The Labute approximate surface area is 430 Å². The van der Waals surface area contributed by atoms with E-state index >= 15 is 0 Å². The minimum Gasteiger partial charge on any atom is -0.488 e. The van der Waals surface area contributed by atoms with Crippen LogP contribution < -0.4 is 24.3 Å². The number of nitriles is 2. The highest BCUT2D eigenvalue weighted by molar-refractivity contribution is 6.32.